The molecule has 1 saturated heterocycles. The van der Waals surface area contributed by atoms with Crippen LogP contribution in [0.3, 0.4) is 0 Å². The SMILES string of the molecule is CC1Oc2ccc(NC(=O)C3CCCN(Cc4ccccc4)C3)cc2NC1=O. The first-order chi connectivity index (χ1) is 13.6. The van der Waals surface area contributed by atoms with Gasteiger partial charge in [-0.05, 0) is 50.1 Å². The van der Waals surface area contributed by atoms with E-state index in [4.69, 9.17) is 4.74 Å². The van der Waals surface area contributed by atoms with Gasteiger partial charge in [0.05, 0.1) is 11.6 Å². The smallest absolute Gasteiger partial charge is 0.265 e. The fourth-order valence-corrected chi connectivity index (χ4v) is 3.79. The lowest BCUT2D eigenvalue weighted by molar-refractivity contribution is -0.123. The molecule has 0 bridgehead atoms. The number of nitrogens with one attached hydrogen (secondary N) is 2. The molecule has 6 heteroatoms. The normalized spacial score (nSPS) is 22.0. The zero-order chi connectivity index (χ0) is 19.5. The van der Waals surface area contributed by atoms with Crippen molar-refractivity contribution >= 4 is 23.2 Å². The van der Waals surface area contributed by atoms with E-state index in [0.29, 0.717) is 17.1 Å². The maximum Gasteiger partial charge on any atom is 0.265 e. The highest BCUT2D eigenvalue weighted by Gasteiger charge is 2.27. The van der Waals surface area contributed by atoms with Gasteiger partial charge in [0, 0.05) is 18.8 Å². The number of fused-ring (bicyclic) bond motifs is 1. The quantitative estimate of drug-likeness (QED) is 0.855. The van der Waals surface area contributed by atoms with Crippen LogP contribution in [0.5, 0.6) is 5.75 Å². The molecule has 2 N–H and O–H groups in total. The molecule has 0 aliphatic carbocycles. The molecule has 2 aliphatic heterocycles. The number of hydrogen-bond donors (Lipinski definition) is 2. The molecule has 2 atom stereocenters. The summed E-state index contributed by atoms with van der Waals surface area (Å²) in [6.45, 7) is 4.34. The molecule has 0 spiro atoms. The zero-order valence-corrected chi connectivity index (χ0v) is 16.0. The van der Waals surface area contributed by atoms with Crippen molar-refractivity contribution in [2.24, 2.45) is 5.92 Å². The Morgan fingerprint density at radius 1 is 1.25 bits per heavy atom. The van der Waals surface area contributed by atoms with Gasteiger partial charge in [0.15, 0.2) is 6.10 Å². The van der Waals surface area contributed by atoms with Crippen molar-refractivity contribution < 1.29 is 14.3 Å². The highest BCUT2D eigenvalue weighted by atomic mass is 16.5. The van der Waals surface area contributed by atoms with Crippen LogP contribution in [-0.4, -0.2) is 35.9 Å². The Kier molecular flexibility index (Phi) is 5.30. The molecule has 2 aliphatic rings. The second-order valence-electron chi connectivity index (χ2n) is 7.51. The van der Waals surface area contributed by atoms with Crippen molar-refractivity contribution in [2.75, 3.05) is 23.7 Å². The Labute approximate surface area is 164 Å². The van der Waals surface area contributed by atoms with Crippen LogP contribution >= 0.6 is 0 Å². The van der Waals surface area contributed by atoms with Gasteiger partial charge in [0.25, 0.3) is 5.91 Å². The van der Waals surface area contributed by atoms with Gasteiger partial charge < -0.3 is 15.4 Å². The van der Waals surface area contributed by atoms with Crippen LogP contribution in [-0.2, 0) is 16.1 Å². The number of carbonyl (C=O) groups is 2. The van der Waals surface area contributed by atoms with E-state index in [-0.39, 0.29) is 17.7 Å². The zero-order valence-electron chi connectivity index (χ0n) is 16.0. The molecule has 2 aromatic rings. The monoisotopic (exact) mass is 379 g/mol. The van der Waals surface area contributed by atoms with Gasteiger partial charge in [-0.15, -0.1) is 0 Å². The van der Waals surface area contributed by atoms with Gasteiger partial charge >= 0.3 is 0 Å². The first-order valence-corrected chi connectivity index (χ1v) is 9.77. The summed E-state index contributed by atoms with van der Waals surface area (Å²) in [5.41, 5.74) is 2.53. The number of amides is 2. The van der Waals surface area contributed by atoms with Gasteiger partial charge in [-0.3, -0.25) is 14.5 Å². The van der Waals surface area contributed by atoms with Crippen LogP contribution in [0.25, 0.3) is 0 Å². The molecule has 0 saturated carbocycles. The summed E-state index contributed by atoms with van der Waals surface area (Å²) in [6.07, 6.45) is 1.39. The summed E-state index contributed by atoms with van der Waals surface area (Å²) < 4.78 is 5.56. The summed E-state index contributed by atoms with van der Waals surface area (Å²) in [7, 11) is 0. The molecule has 2 heterocycles. The third-order valence-corrected chi connectivity index (χ3v) is 5.30. The Morgan fingerprint density at radius 3 is 2.89 bits per heavy atom. The van der Waals surface area contributed by atoms with Crippen LogP contribution in [0.4, 0.5) is 11.4 Å². The molecule has 146 valence electrons. The molecule has 4 rings (SSSR count). The molecular formula is C22H25N3O3. The largest absolute Gasteiger partial charge is 0.479 e. The standard InChI is InChI=1S/C22H25N3O3/c1-15-21(26)24-19-12-18(9-10-20(19)28-15)23-22(27)17-8-5-11-25(14-17)13-16-6-3-2-4-7-16/h2-4,6-7,9-10,12,15,17H,5,8,11,13-14H2,1H3,(H,23,27)(H,24,26). The first kappa shape index (κ1) is 18.5. The van der Waals surface area contributed by atoms with Crippen LogP contribution in [0.15, 0.2) is 48.5 Å². The Bertz CT molecular complexity index is 869. The molecule has 0 radical (unpaired) electrons. The van der Waals surface area contributed by atoms with Crippen molar-refractivity contribution in [3.8, 4) is 5.75 Å². The topological polar surface area (TPSA) is 70.7 Å². The predicted octanol–water partition coefficient (Wildman–Crippen LogP) is 3.26. The van der Waals surface area contributed by atoms with Gasteiger partial charge in [-0.25, -0.2) is 0 Å². The van der Waals surface area contributed by atoms with E-state index in [9.17, 15) is 9.59 Å². The minimum Gasteiger partial charge on any atom is -0.479 e. The van der Waals surface area contributed by atoms with Gasteiger partial charge in [-0.2, -0.15) is 0 Å². The van der Waals surface area contributed by atoms with Gasteiger partial charge in [0.2, 0.25) is 5.91 Å². The van der Waals surface area contributed by atoms with Crippen LogP contribution in [0.1, 0.15) is 25.3 Å². The number of benzene rings is 2. The average molecular weight is 379 g/mol. The van der Waals surface area contributed by atoms with Crippen molar-refractivity contribution in [3.05, 3.63) is 54.1 Å². The minimum absolute atomic E-state index is 0.0223. The van der Waals surface area contributed by atoms with E-state index in [1.807, 2.05) is 24.3 Å². The summed E-state index contributed by atoms with van der Waals surface area (Å²) >= 11 is 0. The van der Waals surface area contributed by atoms with E-state index in [1.165, 1.54) is 5.56 Å². The number of ether oxygens (including phenoxy) is 1. The predicted molar refractivity (Wildman–Crippen MR) is 108 cm³/mol. The first-order valence-electron chi connectivity index (χ1n) is 9.77. The summed E-state index contributed by atoms with van der Waals surface area (Å²) in [5, 5.41) is 5.81. The molecular weight excluding hydrogens is 354 g/mol. The van der Waals surface area contributed by atoms with Crippen LogP contribution in [0.2, 0.25) is 0 Å². The third kappa shape index (κ3) is 4.17. The second-order valence-corrected chi connectivity index (χ2v) is 7.51. The maximum atomic E-state index is 12.8. The third-order valence-electron chi connectivity index (χ3n) is 5.30. The average Bonchev–Trinajstić information content (AvgIpc) is 2.70. The van der Waals surface area contributed by atoms with Gasteiger partial charge in [-0.1, -0.05) is 30.3 Å². The van der Waals surface area contributed by atoms with E-state index < -0.39 is 6.10 Å². The number of piperidine rings is 1. The molecule has 28 heavy (non-hydrogen) atoms. The highest BCUT2D eigenvalue weighted by Crippen LogP contribution is 2.32. The molecule has 2 amide bonds. The Balaban J connectivity index is 1.38. The van der Waals surface area contributed by atoms with Crippen molar-refractivity contribution in [2.45, 2.75) is 32.4 Å². The molecule has 0 aromatic heterocycles. The number of rotatable bonds is 4. The number of nitrogens with zero attached hydrogens (tertiary/aromatic N) is 1. The van der Waals surface area contributed by atoms with Crippen LogP contribution in [0, 0.1) is 5.92 Å². The van der Waals surface area contributed by atoms with E-state index in [0.717, 1.165) is 32.5 Å². The number of carbonyl (C=O) groups excluding carboxylic acids is 2. The lowest BCUT2D eigenvalue weighted by Gasteiger charge is -2.32. The van der Waals surface area contributed by atoms with E-state index >= 15 is 0 Å². The van der Waals surface area contributed by atoms with Crippen molar-refractivity contribution in [3.63, 3.8) is 0 Å². The van der Waals surface area contributed by atoms with E-state index in [1.54, 1.807) is 19.1 Å². The molecule has 6 nitrogen and oxygen atoms in total. The number of anilines is 2. The lowest BCUT2D eigenvalue weighted by atomic mass is 9.96. The number of hydrogen-bond acceptors (Lipinski definition) is 4. The summed E-state index contributed by atoms with van der Waals surface area (Å²) in [4.78, 5) is 26.9. The number of likely N-dealkylation sites (tertiary alicyclic amines) is 1. The highest BCUT2D eigenvalue weighted by molar-refractivity contribution is 5.99. The molecule has 1 fully saturated rings. The maximum absolute atomic E-state index is 12.8. The fourth-order valence-electron chi connectivity index (χ4n) is 3.79. The fraction of sp³-hybridized carbons (Fsp3) is 0.364. The van der Waals surface area contributed by atoms with Crippen molar-refractivity contribution in [1.82, 2.24) is 4.90 Å². The Hall–Kier alpha value is -2.86. The summed E-state index contributed by atoms with van der Waals surface area (Å²) in [6, 6.07) is 15.7. The van der Waals surface area contributed by atoms with Gasteiger partial charge in [0.1, 0.15) is 5.75 Å². The Morgan fingerprint density at radius 2 is 2.07 bits per heavy atom. The summed E-state index contributed by atoms with van der Waals surface area (Å²) in [5.74, 6) is 0.421. The second kappa shape index (κ2) is 8.02. The van der Waals surface area contributed by atoms with Crippen LogP contribution < -0.4 is 15.4 Å². The lowest BCUT2D eigenvalue weighted by Crippen LogP contribution is -2.40. The molecule has 2 aromatic carbocycles. The van der Waals surface area contributed by atoms with Crippen molar-refractivity contribution in [1.29, 1.82) is 0 Å². The minimum atomic E-state index is -0.509. The van der Waals surface area contributed by atoms with E-state index in [2.05, 4.69) is 27.7 Å². The molecule has 2 unspecified atom stereocenters.